The van der Waals surface area contributed by atoms with Crippen LogP contribution >= 0.6 is 11.3 Å². The van der Waals surface area contributed by atoms with E-state index in [1.165, 1.54) is 15.8 Å². The van der Waals surface area contributed by atoms with Gasteiger partial charge in [-0.25, -0.2) is 0 Å². The lowest BCUT2D eigenvalue weighted by Crippen LogP contribution is -2.17. The summed E-state index contributed by atoms with van der Waals surface area (Å²) in [5, 5.41) is 0. The highest BCUT2D eigenvalue weighted by molar-refractivity contribution is 7.16. The van der Waals surface area contributed by atoms with Crippen LogP contribution in [0.4, 0.5) is 0 Å². The molecule has 0 spiro atoms. The van der Waals surface area contributed by atoms with Gasteiger partial charge in [-0.05, 0) is 50.1 Å². The Kier molecular flexibility index (Phi) is 4.28. The molecule has 2 heterocycles. The zero-order valence-electron chi connectivity index (χ0n) is 15.0. The van der Waals surface area contributed by atoms with Gasteiger partial charge in [0.05, 0.1) is 10.2 Å². The van der Waals surface area contributed by atoms with Crippen LogP contribution in [0.1, 0.15) is 28.4 Å². The maximum Gasteiger partial charge on any atom is 0.279 e. The molecule has 0 atom stereocenters. The minimum atomic E-state index is -0.272. The maximum absolute atomic E-state index is 12.7. The van der Waals surface area contributed by atoms with Gasteiger partial charge in [0.15, 0.2) is 16.3 Å². The predicted molar refractivity (Wildman–Crippen MR) is 102 cm³/mol. The highest BCUT2D eigenvalue weighted by Gasteiger charge is 2.16. The SMILES string of the molecule is CCn1c(=NC(=O)c2ccc3c(c2)OCCO3)sc2c(C)ccc(C)c21. The van der Waals surface area contributed by atoms with Gasteiger partial charge in [-0.2, -0.15) is 4.99 Å². The first kappa shape index (κ1) is 16.8. The second-order valence-electron chi connectivity index (χ2n) is 6.28. The van der Waals surface area contributed by atoms with E-state index in [1.54, 1.807) is 29.5 Å². The van der Waals surface area contributed by atoms with Crippen LogP contribution in [0.3, 0.4) is 0 Å². The summed E-state index contributed by atoms with van der Waals surface area (Å²) in [5.41, 5.74) is 4.05. The Bertz CT molecular complexity index is 1080. The smallest absolute Gasteiger partial charge is 0.279 e. The molecule has 3 aromatic rings. The summed E-state index contributed by atoms with van der Waals surface area (Å²) in [4.78, 5) is 17.9. The fourth-order valence-electron chi connectivity index (χ4n) is 3.18. The summed E-state index contributed by atoms with van der Waals surface area (Å²) in [6, 6.07) is 9.44. The highest BCUT2D eigenvalue weighted by Crippen LogP contribution is 2.31. The Balaban J connectivity index is 1.82. The molecule has 0 saturated heterocycles. The van der Waals surface area contributed by atoms with Gasteiger partial charge in [0, 0.05) is 12.1 Å². The average molecular weight is 368 g/mol. The minimum absolute atomic E-state index is 0.272. The van der Waals surface area contributed by atoms with Gasteiger partial charge >= 0.3 is 0 Å². The van der Waals surface area contributed by atoms with Crippen molar-refractivity contribution in [1.82, 2.24) is 4.57 Å². The number of hydrogen-bond donors (Lipinski definition) is 0. The van der Waals surface area contributed by atoms with Crippen LogP contribution in [-0.2, 0) is 6.54 Å². The van der Waals surface area contributed by atoms with Crippen molar-refractivity contribution in [2.45, 2.75) is 27.3 Å². The van der Waals surface area contributed by atoms with Crippen LogP contribution in [-0.4, -0.2) is 23.7 Å². The average Bonchev–Trinajstić information content (AvgIpc) is 3.03. The van der Waals surface area contributed by atoms with Gasteiger partial charge < -0.3 is 14.0 Å². The normalized spacial score (nSPS) is 14.0. The molecule has 5 nitrogen and oxygen atoms in total. The van der Waals surface area contributed by atoms with Crippen molar-refractivity contribution >= 4 is 27.5 Å². The molecule has 0 N–H and O–H groups in total. The first-order valence-corrected chi connectivity index (χ1v) is 9.48. The Morgan fingerprint density at radius 1 is 1.12 bits per heavy atom. The largest absolute Gasteiger partial charge is 0.486 e. The highest BCUT2D eigenvalue weighted by atomic mass is 32.1. The second-order valence-corrected chi connectivity index (χ2v) is 7.26. The molecule has 1 aromatic heterocycles. The lowest BCUT2D eigenvalue weighted by molar-refractivity contribution is 0.0996. The van der Waals surface area contributed by atoms with E-state index in [0.29, 0.717) is 30.3 Å². The quantitative estimate of drug-likeness (QED) is 0.690. The maximum atomic E-state index is 12.7. The number of thiazole rings is 1. The fraction of sp³-hybridized carbons (Fsp3) is 0.300. The number of aromatic nitrogens is 1. The van der Waals surface area contributed by atoms with Crippen molar-refractivity contribution in [2.24, 2.45) is 4.99 Å². The summed E-state index contributed by atoms with van der Waals surface area (Å²) in [7, 11) is 0. The number of benzene rings is 2. The van der Waals surface area contributed by atoms with E-state index in [-0.39, 0.29) is 5.91 Å². The first-order valence-electron chi connectivity index (χ1n) is 8.66. The number of amides is 1. The van der Waals surface area contributed by atoms with Crippen molar-refractivity contribution in [2.75, 3.05) is 13.2 Å². The van der Waals surface area contributed by atoms with Crippen LogP contribution in [0, 0.1) is 13.8 Å². The van der Waals surface area contributed by atoms with E-state index < -0.39 is 0 Å². The molecule has 0 bridgehead atoms. The molecule has 4 rings (SSSR count). The molecule has 134 valence electrons. The lowest BCUT2D eigenvalue weighted by atomic mass is 10.1. The van der Waals surface area contributed by atoms with E-state index in [0.717, 1.165) is 16.9 Å². The number of rotatable bonds is 2. The van der Waals surface area contributed by atoms with E-state index in [1.807, 2.05) is 0 Å². The van der Waals surface area contributed by atoms with Crippen molar-refractivity contribution < 1.29 is 14.3 Å². The lowest BCUT2D eigenvalue weighted by Gasteiger charge is -2.18. The predicted octanol–water partition coefficient (Wildman–Crippen LogP) is 3.85. The minimum Gasteiger partial charge on any atom is -0.486 e. The van der Waals surface area contributed by atoms with Crippen molar-refractivity contribution in [1.29, 1.82) is 0 Å². The molecule has 1 amide bonds. The number of ether oxygens (including phenoxy) is 2. The van der Waals surface area contributed by atoms with Crippen molar-refractivity contribution in [3.63, 3.8) is 0 Å². The molecule has 0 fully saturated rings. The third-order valence-corrected chi connectivity index (χ3v) is 5.74. The third kappa shape index (κ3) is 2.80. The topological polar surface area (TPSA) is 52.8 Å². The number of carbonyl (C=O) groups excluding carboxylic acids is 1. The van der Waals surface area contributed by atoms with Gasteiger partial charge in [0.1, 0.15) is 13.2 Å². The fourth-order valence-corrected chi connectivity index (χ4v) is 4.42. The summed E-state index contributed by atoms with van der Waals surface area (Å²) in [6.45, 7) is 8.03. The molecule has 2 aromatic carbocycles. The number of nitrogens with zero attached hydrogens (tertiary/aromatic N) is 2. The van der Waals surface area contributed by atoms with E-state index in [2.05, 4.69) is 42.5 Å². The summed E-state index contributed by atoms with van der Waals surface area (Å²) in [5.74, 6) is 0.999. The molecule has 0 radical (unpaired) electrons. The van der Waals surface area contributed by atoms with Crippen LogP contribution in [0.25, 0.3) is 10.2 Å². The van der Waals surface area contributed by atoms with Gasteiger partial charge in [-0.1, -0.05) is 23.5 Å². The Hall–Kier alpha value is -2.60. The molecule has 1 aliphatic heterocycles. The Morgan fingerprint density at radius 2 is 1.85 bits per heavy atom. The monoisotopic (exact) mass is 368 g/mol. The Morgan fingerprint density at radius 3 is 2.62 bits per heavy atom. The van der Waals surface area contributed by atoms with Crippen LogP contribution < -0.4 is 14.3 Å². The number of hydrogen-bond acceptors (Lipinski definition) is 4. The molecular weight excluding hydrogens is 348 g/mol. The van der Waals surface area contributed by atoms with Gasteiger partial charge in [0.25, 0.3) is 5.91 Å². The van der Waals surface area contributed by atoms with Crippen LogP contribution in [0.5, 0.6) is 11.5 Å². The zero-order valence-corrected chi connectivity index (χ0v) is 15.9. The molecule has 26 heavy (non-hydrogen) atoms. The van der Waals surface area contributed by atoms with E-state index in [4.69, 9.17) is 9.47 Å². The third-order valence-electron chi connectivity index (χ3n) is 4.53. The molecule has 0 saturated carbocycles. The summed E-state index contributed by atoms with van der Waals surface area (Å²) in [6.07, 6.45) is 0. The summed E-state index contributed by atoms with van der Waals surface area (Å²) >= 11 is 1.56. The number of fused-ring (bicyclic) bond motifs is 2. The second kappa shape index (κ2) is 6.61. The van der Waals surface area contributed by atoms with Crippen LogP contribution in [0.2, 0.25) is 0 Å². The Labute approximate surface area is 155 Å². The van der Waals surface area contributed by atoms with Gasteiger partial charge in [-0.3, -0.25) is 4.79 Å². The molecule has 6 heteroatoms. The summed E-state index contributed by atoms with van der Waals surface area (Å²) < 4.78 is 14.4. The molecule has 0 aliphatic carbocycles. The number of aryl methyl sites for hydroxylation is 3. The van der Waals surface area contributed by atoms with Crippen molar-refractivity contribution in [3.05, 3.63) is 51.8 Å². The first-order chi connectivity index (χ1) is 12.6. The molecular formula is C20H20N2O3S. The van der Waals surface area contributed by atoms with E-state index >= 15 is 0 Å². The van der Waals surface area contributed by atoms with Gasteiger partial charge in [-0.15, -0.1) is 0 Å². The molecule has 0 unspecified atom stereocenters. The zero-order chi connectivity index (χ0) is 18.3. The van der Waals surface area contributed by atoms with Crippen molar-refractivity contribution in [3.8, 4) is 11.5 Å². The standard InChI is InChI=1S/C20H20N2O3S/c1-4-22-17-12(2)5-6-13(3)18(17)26-20(22)21-19(23)14-7-8-15-16(11-14)25-10-9-24-15/h5-8,11H,4,9-10H2,1-3H3. The van der Waals surface area contributed by atoms with Crippen LogP contribution in [0.15, 0.2) is 35.3 Å². The number of carbonyl (C=O) groups is 1. The van der Waals surface area contributed by atoms with Gasteiger partial charge in [0.2, 0.25) is 0 Å². The van der Waals surface area contributed by atoms with E-state index in [9.17, 15) is 4.79 Å². The molecule has 1 aliphatic rings.